The van der Waals surface area contributed by atoms with Crippen LogP contribution in [0.5, 0.6) is 0 Å². The number of nitrogens with one attached hydrogen (secondary N) is 1. The number of rotatable bonds is 5. The number of H-pyrrole nitrogens is 1. The third-order valence-electron chi connectivity index (χ3n) is 5.01. The zero-order valence-corrected chi connectivity index (χ0v) is 14.4. The van der Waals surface area contributed by atoms with Gasteiger partial charge in [0.2, 0.25) is 0 Å². The van der Waals surface area contributed by atoms with Gasteiger partial charge >= 0.3 is 0 Å². The van der Waals surface area contributed by atoms with Crippen LogP contribution in [0, 0.1) is 0 Å². The Morgan fingerprint density at radius 2 is 1.96 bits per heavy atom. The van der Waals surface area contributed by atoms with Crippen LogP contribution >= 0.6 is 0 Å². The van der Waals surface area contributed by atoms with E-state index in [9.17, 15) is 0 Å². The van der Waals surface area contributed by atoms with E-state index in [1.165, 1.54) is 29.7 Å². The number of benzene rings is 1. The van der Waals surface area contributed by atoms with Crippen molar-refractivity contribution in [3.05, 3.63) is 83.4 Å². The molecule has 1 aromatic carbocycles. The number of pyridine rings is 1. The molecular weight excluding hydrogens is 308 g/mol. The molecule has 1 N–H and O–H groups in total. The van der Waals surface area contributed by atoms with E-state index in [2.05, 4.69) is 62.5 Å². The topological polar surface area (TPSA) is 44.8 Å². The van der Waals surface area contributed by atoms with Gasteiger partial charge in [0.1, 0.15) is 0 Å². The predicted octanol–water partition coefficient (Wildman–Crippen LogP) is 3.78. The van der Waals surface area contributed by atoms with Crippen LogP contribution in [-0.4, -0.2) is 33.2 Å². The molecule has 0 amide bonds. The SMILES string of the molecule is c1ccc(Cc2cn[nH]c2C2CCCN(Cc3ccccn3)C2)cc1. The van der Waals surface area contributed by atoms with Crippen LogP contribution in [0.3, 0.4) is 0 Å². The van der Waals surface area contributed by atoms with E-state index in [4.69, 9.17) is 0 Å². The van der Waals surface area contributed by atoms with Crippen molar-refractivity contribution in [1.82, 2.24) is 20.1 Å². The lowest BCUT2D eigenvalue weighted by molar-refractivity contribution is 0.196. The summed E-state index contributed by atoms with van der Waals surface area (Å²) in [5.74, 6) is 0.527. The molecule has 0 radical (unpaired) electrons. The first kappa shape index (κ1) is 16.0. The lowest BCUT2D eigenvalue weighted by atomic mass is 9.91. The van der Waals surface area contributed by atoms with E-state index in [-0.39, 0.29) is 0 Å². The van der Waals surface area contributed by atoms with Crippen LogP contribution in [0.2, 0.25) is 0 Å². The van der Waals surface area contributed by atoms with Gasteiger partial charge in [-0.25, -0.2) is 0 Å². The second-order valence-electron chi connectivity index (χ2n) is 6.87. The number of hydrogen-bond acceptors (Lipinski definition) is 3. The first-order valence-electron chi connectivity index (χ1n) is 9.07. The first-order chi connectivity index (χ1) is 12.4. The van der Waals surface area contributed by atoms with Gasteiger partial charge in [0, 0.05) is 37.3 Å². The van der Waals surface area contributed by atoms with Crippen LogP contribution in [0.15, 0.2) is 60.9 Å². The van der Waals surface area contributed by atoms with Gasteiger partial charge in [0.15, 0.2) is 0 Å². The van der Waals surface area contributed by atoms with Gasteiger partial charge in [-0.2, -0.15) is 5.10 Å². The van der Waals surface area contributed by atoms with Crippen molar-refractivity contribution >= 4 is 0 Å². The average Bonchev–Trinajstić information content (AvgIpc) is 3.12. The fourth-order valence-corrected chi connectivity index (χ4v) is 3.79. The summed E-state index contributed by atoms with van der Waals surface area (Å²) in [6.07, 6.45) is 7.27. The minimum atomic E-state index is 0.527. The molecule has 4 rings (SSSR count). The van der Waals surface area contributed by atoms with Crippen LogP contribution < -0.4 is 0 Å². The second-order valence-corrected chi connectivity index (χ2v) is 6.87. The van der Waals surface area contributed by atoms with Gasteiger partial charge in [-0.3, -0.25) is 15.0 Å². The Kier molecular flexibility index (Phi) is 4.89. The molecule has 0 bridgehead atoms. The lowest BCUT2D eigenvalue weighted by Gasteiger charge is -2.32. The molecule has 1 aliphatic heterocycles. The third kappa shape index (κ3) is 3.97. The maximum atomic E-state index is 4.47. The highest BCUT2D eigenvalue weighted by Crippen LogP contribution is 2.29. The minimum absolute atomic E-state index is 0.527. The summed E-state index contributed by atoms with van der Waals surface area (Å²) >= 11 is 0. The monoisotopic (exact) mass is 332 g/mol. The van der Waals surface area contributed by atoms with Crippen LogP contribution in [-0.2, 0) is 13.0 Å². The molecule has 25 heavy (non-hydrogen) atoms. The lowest BCUT2D eigenvalue weighted by Crippen LogP contribution is -2.34. The van der Waals surface area contributed by atoms with E-state index in [0.717, 1.165) is 31.7 Å². The number of hydrogen-bond donors (Lipinski definition) is 1. The normalized spacial score (nSPS) is 18.3. The van der Waals surface area contributed by atoms with Gasteiger partial charge < -0.3 is 0 Å². The summed E-state index contributed by atoms with van der Waals surface area (Å²) in [6.45, 7) is 3.15. The Hall–Kier alpha value is -2.46. The van der Waals surface area contributed by atoms with Crippen molar-refractivity contribution in [3.63, 3.8) is 0 Å². The van der Waals surface area contributed by atoms with Crippen molar-refractivity contribution < 1.29 is 0 Å². The van der Waals surface area contributed by atoms with Crippen molar-refractivity contribution in [2.75, 3.05) is 13.1 Å². The van der Waals surface area contributed by atoms with Gasteiger partial charge in [0.05, 0.1) is 11.9 Å². The standard InChI is InChI=1S/C21H24N4/c1-2-7-17(8-3-1)13-19-14-23-24-21(19)18-9-6-12-25(15-18)16-20-10-4-5-11-22-20/h1-5,7-8,10-11,14,18H,6,9,12-13,15-16H2,(H,23,24). The highest BCUT2D eigenvalue weighted by atomic mass is 15.2. The van der Waals surface area contributed by atoms with Crippen LogP contribution in [0.25, 0.3) is 0 Å². The highest BCUT2D eigenvalue weighted by Gasteiger charge is 2.24. The van der Waals surface area contributed by atoms with Crippen molar-refractivity contribution in [2.24, 2.45) is 0 Å². The quantitative estimate of drug-likeness (QED) is 0.773. The molecule has 1 unspecified atom stereocenters. The van der Waals surface area contributed by atoms with E-state index < -0.39 is 0 Å². The van der Waals surface area contributed by atoms with Gasteiger partial charge in [-0.1, -0.05) is 36.4 Å². The Labute approximate surface area is 148 Å². The summed E-state index contributed by atoms with van der Waals surface area (Å²) < 4.78 is 0. The predicted molar refractivity (Wildman–Crippen MR) is 99.3 cm³/mol. The number of nitrogens with zero attached hydrogens (tertiary/aromatic N) is 3. The van der Waals surface area contributed by atoms with E-state index in [1.54, 1.807) is 0 Å². The fourth-order valence-electron chi connectivity index (χ4n) is 3.79. The number of aromatic amines is 1. The van der Waals surface area contributed by atoms with Crippen molar-refractivity contribution in [3.8, 4) is 0 Å². The zero-order chi connectivity index (χ0) is 16.9. The largest absolute Gasteiger partial charge is 0.297 e. The van der Waals surface area contributed by atoms with E-state index in [1.807, 2.05) is 18.5 Å². The molecule has 4 nitrogen and oxygen atoms in total. The zero-order valence-electron chi connectivity index (χ0n) is 14.4. The molecule has 0 spiro atoms. The van der Waals surface area contributed by atoms with E-state index >= 15 is 0 Å². The molecule has 3 aromatic rings. The van der Waals surface area contributed by atoms with Crippen molar-refractivity contribution in [1.29, 1.82) is 0 Å². The highest BCUT2D eigenvalue weighted by molar-refractivity contribution is 5.29. The molecule has 1 aliphatic rings. The Morgan fingerprint density at radius 1 is 1.08 bits per heavy atom. The molecule has 1 atom stereocenters. The first-order valence-corrected chi connectivity index (χ1v) is 9.07. The maximum absolute atomic E-state index is 4.47. The Bertz CT molecular complexity index is 782. The van der Waals surface area contributed by atoms with Gasteiger partial charge in [0.25, 0.3) is 0 Å². The van der Waals surface area contributed by atoms with Gasteiger partial charge in [-0.05, 0) is 42.6 Å². The number of piperidine rings is 1. The average molecular weight is 332 g/mol. The maximum Gasteiger partial charge on any atom is 0.0543 e. The molecule has 3 heterocycles. The fraction of sp³-hybridized carbons (Fsp3) is 0.333. The second kappa shape index (κ2) is 7.62. The number of likely N-dealkylation sites (tertiary alicyclic amines) is 1. The molecule has 1 saturated heterocycles. The van der Waals surface area contributed by atoms with Crippen LogP contribution in [0.4, 0.5) is 0 Å². The third-order valence-corrected chi connectivity index (χ3v) is 5.01. The molecule has 0 aliphatic carbocycles. The molecule has 2 aromatic heterocycles. The Morgan fingerprint density at radius 3 is 2.80 bits per heavy atom. The summed E-state index contributed by atoms with van der Waals surface area (Å²) in [5, 5.41) is 7.63. The van der Waals surface area contributed by atoms with E-state index in [0.29, 0.717) is 5.92 Å². The molecule has 0 saturated carbocycles. The molecule has 4 heteroatoms. The smallest absolute Gasteiger partial charge is 0.0543 e. The number of aromatic nitrogens is 3. The molecule has 128 valence electrons. The molecular formula is C21H24N4. The summed E-state index contributed by atoms with van der Waals surface area (Å²) in [4.78, 5) is 6.99. The summed E-state index contributed by atoms with van der Waals surface area (Å²) in [5.41, 5.74) is 5.13. The Balaban J connectivity index is 1.46. The van der Waals surface area contributed by atoms with Gasteiger partial charge in [-0.15, -0.1) is 0 Å². The summed E-state index contributed by atoms with van der Waals surface area (Å²) in [7, 11) is 0. The van der Waals surface area contributed by atoms with Crippen LogP contribution in [0.1, 0.15) is 41.3 Å². The molecule has 1 fully saturated rings. The minimum Gasteiger partial charge on any atom is -0.297 e. The van der Waals surface area contributed by atoms with Crippen molar-refractivity contribution in [2.45, 2.75) is 31.7 Å². The summed E-state index contributed by atoms with van der Waals surface area (Å²) in [6, 6.07) is 16.8.